The lowest BCUT2D eigenvalue weighted by molar-refractivity contribution is -0.154. The number of allylic oxidation sites excluding steroid dienone is 1. The average Bonchev–Trinajstić information content (AvgIpc) is 3.52. The second-order valence-electron chi connectivity index (χ2n) is 11.0. The molecule has 3 aliphatic rings. The lowest BCUT2D eigenvalue weighted by atomic mass is 9.66. The standard InChI is InChI=1S/C31H42N2O5S/c1-4-6-7-13-19-38-30(37)25-24-20-22(3)31(39-24)26(25)28(35)33(17-11-12-18-34)27(31)29(36)32(16-5-2)21-23-14-9-8-10-15-23/h4-5,8-10,14-15,22,24-27,34H,1-2,6-7,11-13,16-21H2,3H3/t22?,24-,25+,26-,27?,31?/m0/s1. The normalized spacial score (nSPS) is 28.8. The molecule has 3 saturated heterocycles. The third kappa shape index (κ3) is 5.68. The molecule has 7 nitrogen and oxygen atoms in total. The van der Waals surface area contributed by atoms with Crippen LogP contribution in [-0.2, 0) is 25.7 Å². The van der Waals surface area contributed by atoms with Crippen LogP contribution < -0.4 is 0 Å². The van der Waals surface area contributed by atoms with Crippen LogP contribution in [0.5, 0.6) is 0 Å². The van der Waals surface area contributed by atoms with Gasteiger partial charge in [-0.25, -0.2) is 0 Å². The van der Waals surface area contributed by atoms with Crippen LogP contribution in [0, 0.1) is 17.8 Å². The summed E-state index contributed by atoms with van der Waals surface area (Å²) in [6.07, 6.45) is 8.02. The third-order valence-corrected chi connectivity index (χ3v) is 10.6. The van der Waals surface area contributed by atoms with Crippen LogP contribution in [0.2, 0.25) is 0 Å². The van der Waals surface area contributed by atoms with Gasteiger partial charge in [0.1, 0.15) is 6.04 Å². The number of unbranched alkanes of at least 4 members (excludes halogenated alkanes) is 3. The van der Waals surface area contributed by atoms with Gasteiger partial charge in [-0.15, -0.1) is 24.9 Å². The molecule has 0 saturated carbocycles. The molecule has 212 valence electrons. The number of thioether (sulfide) groups is 1. The topological polar surface area (TPSA) is 87.2 Å². The second kappa shape index (κ2) is 13.2. The van der Waals surface area contributed by atoms with Crippen molar-refractivity contribution in [2.45, 2.75) is 68.0 Å². The average molecular weight is 555 g/mol. The van der Waals surface area contributed by atoms with E-state index in [0.29, 0.717) is 39.1 Å². The molecule has 2 bridgehead atoms. The molecule has 4 rings (SSSR count). The molecule has 3 aliphatic heterocycles. The number of carbonyl (C=O) groups is 3. The molecule has 8 heteroatoms. The maximum absolute atomic E-state index is 14.4. The smallest absolute Gasteiger partial charge is 0.310 e. The number of aliphatic hydroxyl groups is 1. The number of nitrogens with zero attached hydrogens (tertiary/aromatic N) is 2. The summed E-state index contributed by atoms with van der Waals surface area (Å²) in [7, 11) is 0. The van der Waals surface area contributed by atoms with Gasteiger partial charge < -0.3 is 19.6 Å². The van der Waals surface area contributed by atoms with E-state index in [2.05, 4.69) is 20.1 Å². The Morgan fingerprint density at radius 2 is 1.95 bits per heavy atom. The van der Waals surface area contributed by atoms with E-state index < -0.39 is 22.6 Å². The van der Waals surface area contributed by atoms with Crippen LogP contribution in [0.4, 0.5) is 0 Å². The molecule has 1 aromatic carbocycles. The zero-order valence-corrected chi connectivity index (χ0v) is 23.8. The Balaban J connectivity index is 1.64. The summed E-state index contributed by atoms with van der Waals surface area (Å²) >= 11 is 1.67. The lowest BCUT2D eigenvalue weighted by Crippen LogP contribution is -2.57. The predicted molar refractivity (Wildman–Crippen MR) is 154 cm³/mol. The molecule has 1 N–H and O–H groups in total. The predicted octanol–water partition coefficient (Wildman–Crippen LogP) is 4.21. The molecule has 3 heterocycles. The first-order chi connectivity index (χ1) is 18.9. The van der Waals surface area contributed by atoms with E-state index in [0.717, 1.165) is 31.2 Å². The monoisotopic (exact) mass is 554 g/mol. The summed E-state index contributed by atoms with van der Waals surface area (Å²) in [6.45, 7) is 11.3. The van der Waals surface area contributed by atoms with Crippen LogP contribution in [0.3, 0.4) is 0 Å². The van der Waals surface area contributed by atoms with Gasteiger partial charge in [0.05, 0.1) is 23.2 Å². The minimum atomic E-state index is -0.680. The highest BCUT2D eigenvalue weighted by molar-refractivity contribution is 8.02. The van der Waals surface area contributed by atoms with Crippen molar-refractivity contribution in [1.82, 2.24) is 9.80 Å². The summed E-state index contributed by atoms with van der Waals surface area (Å²) in [5, 5.41) is 9.37. The lowest BCUT2D eigenvalue weighted by Gasteiger charge is -2.40. The maximum Gasteiger partial charge on any atom is 0.310 e. The van der Waals surface area contributed by atoms with Crippen molar-refractivity contribution in [3.8, 4) is 0 Å². The Morgan fingerprint density at radius 3 is 2.64 bits per heavy atom. The number of rotatable bonds is 15. The first-order valence-corrected chi connectivity index (χ1v) is 15.1. The minimum Gasteiger partial charge on any atom is -0.465 e. The van der Waals surface area contributed by atoms with Crippen molar-refractivity contribution in [1.29, 1.82) is 0 Å². The van der Waals surface area contributed by atoms with E-state index in [9.17, 15) is 19.5 Å². The summed E-state index contributed by atoms with van der Waals surface area (Å²) < 4.78 is 5.03. The Hall–Kier alpha value is -2.58. The van der Waals surface area contributed by atoms with Gasteiger partial charge in [0.25, 0.3) is 0 Å². The first kappa shape index (κ1) is 29.4. The molecule has 1 aromatic rings. The molecule has 39 heavy (non-hydrogen) atoms. The fourth-order valence-electron chi connectivity index (χ4n) is 6.73. The zero-order valence-electron chi connectivity index (χ0n) is 23.0. The number of amides is 2. The number of likely N-dealkylation sites (tertiary alicyclic amines) is 1. The summed E-state index contributed by atoms with van der Waals surface area (Å²) in [5.41, 5.74) is 1.01. The summed E-state index contributed by atoms with van der Waals surface area (Å²) in [6, 6.07) is 9.15. The first-order valence-electron chi connectivity index (χ1n) is 14.2. The van der Waals surface area contributed by atoms with Crippen molar-refractivity contribution >= 4 is 29.5 Å². The highest BCUT2D eigenvalue weighted by atomic mass is 32.2. The van der Waals surface area contributed by atoms with E-state index in [1.165, 1.54) is 0 Å². The number of hydrogen-bond acceptors (Lipinski definition) is 6. The summed E-state index contributed by atoms with van der Waals surface area (Å²) in [5.74, 6) is -1.57. The van der Waals surface area contributed by atoms with Gasteiger partial charge in [0, 0.05) is 31.5 Å². The Labute approximate surface area is 236 Å². The molecule has 3 unspecified atom stereocenters. The van der Waals surface area contributed by atoms with Crippen molar-refractivity contribution in [2.24, 2.45) is 17.8 Å². The number of hydrogen-bond donors (Lipinski definition) is 1. The largest absolute Gasteiger partial charge is 0.465 e. The summed E-state index contributed by atoms with van der Waals surface area (Å²) in [4.78, 5) is 45.5. The fourth-order valence-corrected chi connectivity index (χ4v) is 9.13. The van der Waals surface area contributed by atoms with Gasteiger partial charge in [0.15, 0.2) is 0 Å². The van der Waals surface area contributed by atoms with Crippen LogP contribution in [0.25, 0.3) is 0 Å². The van der Waals surface area contributed by atoms with E-state index >= 15 is 0 Å². The minimum absolute atomic E-state index is 0.0276. The third-order valence-electron chi connectivity index (χ3n) is 8.48. The van der Waals surface area contributed by atoms with Crippen LogP contribution in [0.15, 0.2) is 55.6 Å². The highest BCUT2D eigenvalue weighted by Gasteiger charge is 2.76. The van der Waals surface area contributed by atoms with E-state index in [1.54, 1.807) is 27.6 Å². The van der Waals surface area contributed by atoms with Gasteiger partial charge in [-0.3, -0.25) is 14.4 Å². The van der Waals surface area contributed by atoms with Crippen molar-refractivity contribution < 1.29 is 24.2 Å². The number of ether oxygens (including phenoxy) is 1. The quantitative estimate of drug-likeness (QED) is 0.199. The number of carbonyl (C=O) groups excluding carboxylic acids is 3. The molecule has 0 aliphatic carbocycles. The Kier molecular flexibility index (Phi) is 9.94. The molecular weight excluding hydrogens is 512 g/mol. The van der Waals surface area contributed by atoms with E-state index in [1.807, 2.05) is 36.4 Å². The SMILES string of the molecule is C=CCCCCOC(=O)[C@@H]1[C@@H]2CC(C)C3(S2)C(C(=O)N(CC=C)Cc2ccccc2)N(CCCCO)C(=O)[C@H]13. The van der Waals surface area contributed by atoms with Gasteiger partial charge in [-0.05, 0) is 50.0 Å². The van der Waals surface area contributed by atoms with Crippen molar-refractivity contribution in [2.75, 3.05) is 26.3 Å². The van der Waals surface area contributed by atoms with Gasteiger partial charge in [-0.1, -0.05) is 49.4 Å². The Bertz CT molecular complexity index is 1050. The van der Waals surface area contributed by atoms with Crippen LogP contribution >= 0.6 is 11.8 Å². The van der Waals surface area contributed by atoms with Crippen LogP contribution in [-0.4, -0.2) is 75.0 Å². The molecule has 3 fully saturated rings. The van der Waals surface area contributed by atoms with Gasteiger partial charge in [0.2, 0.25) is 11.8 Å². The van der Waals surface area contributed by atoms with Crippen molar-refractivity contribution in [3.05, 3.63) is 61.2 Å². The van der Waals surface area contributed by atoms with E-state index in [4.69, 9.17) is 4.74 Å². The second-order valence-corrected chi connectivity index (χ2v) is 12.5. The fraction of sp³-hybridized carbons (Fsp3) is 0.581. The molecule has 2 amide bonds. The number of esters is 1. The molecule has 6 atom stereocenters. The van der Waals surface area contributed by atoms with Gasteiger partial charge in [-0.2, -0.15) is 0 Å². The van der Waals surface area contributed by atoms with Crippen LogP contribution in [0.1, 0.15) is 51.0 Å². The number of aliphatic hydroxyl groups excluding tert-OH is 1. The van der Waals surface area contributed by atoms with Gasteiger partial charge >= 0.3 is 5.97 Å². The molecule has 0 aromatic heterocycles. The maximum atomic E-state index is 14.4. The zero-order chi connectivity index (χ0) is 28.0. The van der Waals surface area contributed by atoms with Crippen molar-refractivity contribution in [3.63, 3.8) is 0 Å². The molecular formula is C31H42N2O5S. The molecule has 0 radical (unpaired) electrons. The van der Waals surface area contributed by atoms with E-state index in [-0.39, 0.29) is 35.6 Å². The number of fused-ring (bicyclic) bond motifs is 1. The Morgan fingerprint density at radius 1 is 1.18 bits per heavy atom. The highest BCUT2D eigenvalue weighted by Crippen LogP contribution is 2.68. The molecule has 1 spiro atoms. The number of benzene rings is 1.